The molecule has 1 fully saturated rings. The minimum absolute atomic E-state index is 0.151. The maximum absolute atomic E-state index is 12.2. The van der Waals surface area contributed by atoms with Crippen LogP contribution >= 0.6 is 0 Å². The van der Waals surface area contributed by atoms with Crippen molar-refractivity contribution in [3.8, 4) is 0 Å². The van der Waals surface area contributed by atoms with Gasteiger partial charge in [-0.1, -0.05) is 26.0 Å². The highest BCUT2D eigenvalue weighted by atomic mass is 16.2. The van der Waals surface area contributed by atoms with Crippen LogP contribution in [0.15, 0.2) is 18.2 Å². The molecule has 0 spiro atoms. The Labute approximate surface area is 128 Å². The molecule has 1 aliphatic rings. The van der Waals surface area contributed by atoms with Gasteiger partial charge in [0.2, 0.25) is 5.91 Å². The molecule has 0 aromatic heterocycles. The van der Waals surface area contributed by atoms with E-state index in [1.54, 1.807) is 6.08 Å². The summed E-state index contributed by atoms with van der Waals surface area (Å²) in [4.78, 5) is 14.1. The van der Waals surface area contributed by atoms with Crippen LogP contribution in [0.3, 0.4) is 0 Å². The number of rotatable bonds is 3. The number of benzene rings is 1. The maximum atomic E-state index is 12.2. The van der Waals surface area contributed by atoms with Crippen molar-refractivity contribution >= 4 is 12.0 Å². The van der Waals surface area contributed by atoms with E-state index in [1.165, 1.54) is 23.1 Å². The molecule has 1 amide bonds. The molecule has 114 valence electrons. The van der Waals surface area contributed by atoms with Gasteiger partial charge in [0, 0.05) is 19.2 Å². The van der Waals surface area contributed by atoms with Crippen molar-refractivity contribution in [2.24, 2.45) is 0 Å². The van der Waals surface area contributed by atoms with E-state index >= 15 is 0 Å². The summed E-state index contributed by atoms with van der Waals surface area (Å²) in [5.74, 6) is 0.691. The lowest BCUT2D eigenvalue weighted by molar-refractivity contribution is -0.126. The molecule has 0 atom stereocenters. The Balaban J connectivity index is 2.12. The van der Waals surface area contributed by atoms with Crippen molar-refractivity contribution in [1.29, 1.82) is 0 Å². The smallest absolute Gasteiger partial charge is 0.246 e. The molecule has 2 rings (SSSR count). The van der Waals surface area contributed by atoms with Crippen LogP contribution in [0.1, 0.15) is 61.3 Å². The zero-order chi connectivity index (χ0) is 15.4. The molecule has 1 aromatic rings. The van der Waals surface area contributed by atoms with Crippen molar-refractivity contribution in [1.82, 2.24) is 4.90 Å². The summed E-state index contributed by atoms with van der Waals surface area (Å²) in [6.45, 7) is 10.6. The number of hydrogen-bond acceptors (Lipinski definition) is 1. The average molecular weight is 285 g/mol. The van der Waals surface area contributed by atoms with Gasteiger partial charge in [-0.2, -0.15) is 0 Å². The van der Waals surface area contributed by atoms with E-state index in [1.807, 2.05) is 11.0 Å². The molecular formula is C19H27NO. The number of nitrogens with zero attached hydrogens (tertiary/aromatic N) is 1. The second-order valence-corrected chi connectivity index (χ2v) is 6.44. The third-order valence-electron chi connectivity index (χ3n) is 4.28. The van der Waals surface area contributed by atoms with Crippen molar-refractivity contribution in [2.45, 2.75) is 52.9 Å². The van der Waals surface area contributed by atoms with Crippen LogP contribution in [-0.2, 0) is 4.79 Å². The van der Waals surface area contributed by atoms with Gasteiger partial charge in [0.25, 0.3) is 0 Å². The molecule has 0 N–H and O–H groups in total. The Morgan fingerprint density at radius 2 is 1.67 bits per heavy atom. The molecule has 21 heavy (non-hydrogen) atoms. The Kier molecular flexibility index (Phi) is 5.22. The van der Waals surface area contributed by atoms with Crippen LogP contribution < -0.4 is 0 Å². The first kappa shape index (κ1) is 15.8. The number of amides is 1. The van der Waals surface area contributed by atoms with Gasteiger partial charge in [-0.05, 0) is 67.4 Å². The average Bonchev–Trinajstić information content (AvgIpc) is 2.44. The van der Waals surface area contributed by atoms with Crippen LogP contribution in [-0.4, -0.2) is 23.9 Å². The summed E-state index contributed by atoms with van der Waals surface area (Å²) < 4.78 is 0. The highest BCUT2D eigenvalue weighted by molar-refractivity contribution is 5.91. The third kappa shape index (κ3) is 3.96. The molecule has 0 radical (unpaired) electrons. The van der Waals surface area contributed by atoms with E-state index in [2.05, 4.69) is 39.8 Å². The first-order valence-corrected chi connectivity index (χ1v) is 8.07. The molecule has 0 saturated carbocycles. The SMILES string of the molecule is Cc1cc(/C=C/C(=O)N2CCCCC2)cc(C)c1C(C)C. The number of aryl methyl sites for hydroxylation is 2. The van der Waals surface area contributed by atoms with Crippen molar-refractivity contribution in [2.75, 3.05) is 13.1 Å². The Morgan fingerprint density at radius 3 is 2.19 bits per heavy atom. The Morgan fingerprint density at radius 1 is 1.10 bits per heavy atom. The van der Waals surface area contributed by atoms with Gasteiger partial charge in [0.15, 0.2) is 0 Å². The summed E-state index contributed by atoms with van der Waals surface area (Å²) in [5, 5.41) is 0. The van der Waals surface area contributed by atoms with Crippen molar-refractivity contribution < 1.29 is 4.79 Å². The standard InChI is InChI=1S/C19H27NO/c1-14(2)19-15(3)12-17(13-16(19)4)8-9-18(21)20-10-6-5-7-11-20/h8-9,12-14H,5-7,10-11H2,1-4H3/b9-8+. The van der Waals surface area contributed by atoms with E-state index in [4.69, 9.17) is 0 Å². The lowest BCUT2D eigenvalue weighted by Gasteiger charge is -2.25. The summed E-state index contributed by atoms with van der Waals surface area (Å²) in [5.41, 5.74) is 5.18. The second-order valence-electron chi connectivity index (χ2n) is 6.44. The lowest BCUT2D eigenvalue weighted by Crippen LogP contribution is -2.34. The molecule has 0 bridgehead atoms. The molecular weight excluding hydrogens is 258 g/mol. The van der Waals surface area contributed by atoms with Crippen LogP contribution in [0.25, 0.3) is 6.08 Å². The molecule has 1 saturated heterocycles. The van der Waals surface area contributed by atoms with Gasteiger partial charge in [0.1, 0.15) is 0 Å². The number of carbonyl (C=O) groups is 1. The predicted octanol–water partition coefficient (Wildman–Crippen LogP) is 4.45. The Hall–Kier alpha value is -1.57. The minimum Gasteiger partial charge on any atom is -0.339 e. The number of likely N-dealkylation sites (tertiary alicyclic amines) is 1. The molecule has 2 heteroatoms. The van der Waals surface area contributed by atoms with E-state index < -0.39 is 0 Å². The first-order valence-electron chi connectivity index (χ1n) is 8.07. The Bertz CT molecular complexity index is 513. The fourth-order valence-electron chi connectivity index (χ4n) is 3.40. The van der Waals surface area contributed by atoms with Crippen molar-refractivity contribution in [3.63, 3.8) is 0 Å². The van der Waals surface area contributed by atoms with Crippen LogP contribution in [0.4, 0.5) is 0 Å². The monoisotopic (exact) mass is 285 g/mol. The summed E-state index contributed by atoms with van der Waals surface area (Å²) in [7, 11) is 0. The molecule has 1 aliphatic heterocycles. The largest absolute Gasteiger partial charge is 0.339 e. The highest BCUT2D eigenvalue weighted by Gasteiger charge is 2.14. The van der Waals surface area contributed by atoms with Gasteiger partial charge in [-0.15, -0.1) is 0 Å². The third-order valence-corrected chi connectivity index (χ3v) is 4.28. The summed E-state index contributed by atoms with van der Waals surface area (Å²) in [6, 6.07) is 4.37. The number of carbonyl (C=O) groups excluding carboxylic acids is 1. The molecule has 1 heterocycles. The van der Waals surface area contributed by atoms with E-state index in [0.29, 0.717) is 5.92 Å². The zero-order valence-electron chi connectivity index (χ0n) is 13.8. The van der Waals surface area contributed by atoms with Crippen molar-refractivity contribution in [3.05, 3.63) is 40.5 Å². The van der Waals surface area contributed by atoms with E-state index in [-0.39, 0.29) is 5.91 Å². The molecule has 1 aromatic carbocycles. The fraction of sp³-hybridized carbons (Fsp3) is 0.526. The van der Waals surface area contributed by atoms with Gasteiger partial charge >= 0.3 is 0 Å². The van der Waals surface area contributed by atoms with Gasteiger partial charge in [0.05, 0.1) is 0 Å². The summed E-state index contributed by atoms with van der Waals surface area (Å²) in [6.07, 6.45) is 7.22. The van der Waals surface area contributed by atoms with E-state index in [0.717, 1.165) is 31.5 Å². The molecule has 0 unspecified atom stereocenters. The van der Waals surface area contributed by atoms with Gasteiger partial charge in [-0.25, -0.2) is 0 Å². The summed E-state index contributed by atoms with van der Waals surface area (Å²) >= 11 is 0. The number of piperidine rings is 1. The van der Waals surface area contributed by atoms with Crippen LogP contribution in [0, 0.1) is 13.8 Å². The predicted molar refractivity (Wildman–Crippen MR) is 89.5 cm³/mol. The molecule has 0 aliphatic carbocycles. The van der Waals surface area contributed by atoms with Crippen LogP contribution in [0.2, 0.25) is 0 Å². The van der Waals surface area contributed by atoms with Crippen LogP contribution in [0.5, 0.6) is 0 Å². The maximum Gasteiger partial charge on any atom is 0.246 e. The molecule has 2 nitrogen and oxygen atoms in total. The minimum atomic E-state index is 0.151. The number of hydrogen-bond donors (Lipinski definition) is 0. The van der Waals surface area contributed by atoms with E-state index in [9.17, 15) is 4.79 Å². The fourth-order valence-corrected chi connectivity index (χ4v) is 3.40. The normalized spacial score (nSPS) is 16.0. The van der Waals surface area contributed by atoms with Gasteiger partial charge in [-0.3, -0.25) is 4.79 Å². The second kappa shape index (κ2) is 6.93. The first-order chi connectivity index (χ1) is 9.99. The quantitative estimate of drug-likeness (QED) is 0.751. The highest BCUT2D eigenvalue weighted by Crippen LogP contribution is 2.25. The zero-order valence-corrected chi connectivity index (χ0v) is 13.8. The van der Waals surface area contributed by atoms with Gasteiger partial charge < -0.3 is 4.90 Å². The lowest BCUT2D eigenvalue weighted by atomic mass is 9.91. The topological polar surface area (TPSA) is 20.3 Å².